The fourth-order valence-electron chi connectivity index (χ4n) is 12.7. The van der Waals surface area contributed by atoms with E-state index in [1.807, 2.05) is 19.9 Å². The number of carbonyl (C=O) groups excluding carboxylic acids is 7. The summed E-state index contributed by atoms with van der Waals surface area (Å²) in [6.45, 7) is 7.33. The Kier molecular flexibility index (Phi) is 28.6. The van der Waals surface area contributed by atoms with Crippen LogP contribution in [0.25, 0.3) is 22.3 Å². The van der Waals surface area contributed by atoms with Gasteiger partial charge in [0.1, 0.15) is 72.0 Å². The number of nitrogens with one attached hydrogen (secondary N) is 2. The number of carbonyl (C=O) groups is 7. The second kappa shape index (κ2) is 43.5. The monoisotopic (exact) mass is 1670 g/mol. The normalized spacial score (nSPS) is 24.3. The smallest absolute Gasteiger partial charge is 0.340 e. The first-order chi connectivity index (χ1) is 64.8. The molecule has 27 nitrogen and oxygen atoms in total. The standard InChI is InChI=1S/C36H34FNO7.C27H24O7.C21H24FNO6.C5H10O5.8H2/c1-23-22-42-36(43-30-17-16-25(18-19-38-24(2)39)31(21-30)28-14-9-15-29(37)20-28)33(45-35(41)27-12-7-4-8-13-27)32(23)44-34(40)26-10-5-3-6-11-26;1-18-17-31-27(34-26(30)21-15-9-4-10-16-21)23(33-25(29)20-13-7-3-8-14-20)22(18)32-24(28)19-11-5-2-6-12-19;1-12(24)23-8-7-13-5-6-16(10-17(13)14-3-2-4-15(22)9-14)29-21-20(27)19(26)18(25)11-28-21;6-2-1-10-5(9)4(8)3(2)7;;;;;;;;/h3-17,20-21,23,32-33,36H,18-19,22H2,1-2H3,(H,38,39);2-16,18,22-23,27H,17H2,1H3;2-6,9-10,18-21,25-27H,7-8,11H2,1H3,(H,23,24);2-9H,1H2;8*1H/t23-,32-,33-,36?;18-,22-,23-,27?;18-,19-,20-,21?;2-,3-,4-,5?;;;;;;;;/m0000......../s1/i;;;;8*1+2T. The van der Waals surface area contributed by atoms with Gasteiger partial charge in [0.05, 0.1) is 54.2 Å². The molecule has 4 heterocycles. The summed E-state index contributed by atoms with van der Waals surface area (Å²) in [6, 6.07) is 65.1. The van der Waals surface area contributed by atoms with Crippen LogP contribution in [-0.2, 0) is 65.1 Å². The van der Waals surface area contributed by atoms with Crippen molar-refractivity contribution in [2.75, 3.05) is 39.5 Å². The van der Waals surface area contributed by atoms with Gasteiger partial charge in [0.25, 0.3) is 0 Å². The van der Waals surface area contributed by atoms with E-state index in [-0.39, 0.29) is 55.9 Å². The Hall–Kier alpha value is -11.7. The predicted molar refractivity (Wildman–Crippen MR) is 437 cm³/mol. The van der Waals surface area contributed by atoms with E-state index in [1.54, 1.807) is 206 Å². The molecule has 13 rings (SSSR count). The summed E-state index contributed by atoms with van der Waals surface area (Å²) in [5.74, 6) is -4.06. The number of halogens is 2. The van der Waals surface area contributed by atoms with E-state index in [0.29, 0.717) is 87.5 Å². The molecule has 0 radical (unpaired) electrons. The van der Waals surface area contributed by atoms with Gasteiger partial charge in [-0.1, -0.05) is 141 Å². The van der Waals surface area contributed by atoms with E-state index < -0.39 is 122 Å². The summed E-state index contributed by atoms with van der Waals surface area (Å²) in [5.41, 5.74) is 6.05. The topological polar surface area (TPSA) is 387 Å². The second-order valence-electron chi connectivity index (χ2n) is 28.0. The van der Waals surface area contributed by atoms with Crippen LogP contribution in [0, 0.1) is 23.5 Å². The van der Waals surface area contributed by atoms with E-state index in [9.17, 15) is 57.7 Å². The molecule has 4 aliphatic heterocycles. The molecule has 0 saturated carbocycles. The molecular formula is C89H108F2N2O25. The minimum absolute atomic E-state index is 0.138. The molecule has 4 unspecified atom stereocenters. The molecule has 16 atom stereocenters. The first-order valence-electron chi connectivity index (χ1n) is 45.9. The van der Waals surface area contributed by atoms with Crippen molar-refractivity contribution in [2.24, 2.45) is 11.8 Å². The van der Waals surface area contributed by atoms with Crippen LogP contribution >= 0.6 is 0 Å². The lowest BCUT2D eigenvalue weighted by molar-refractivity contribution is -0.252. The van der Waals surface area contributed by atoms with Crippen LogP contribution in [-0.4, -0.2) is 203 Å². The molecule has 0 aromatic heterocycles. The minimum Gasteiger partial charge on any atom is -0.462 e. The summed E-state index contributed by atoms with van der Waals surface area (Å²) in [5, 5.41) is 70.2. The fraction of sp³-hybridized carbons (Fsp3) is 0.315. The molecule has 4 saturated heterocycles. The Morgan fingerprint density at radius 2 is 0.703 bits per heavy atom. The van der Waals surface area contributed by atoms with Crippen LogP contribution in [0.15, 0.2) is 237 Å². The van der Waals surface area contributed by atoms with Crippen LogP contribution in [0.4, 0.5) is 8.78 Å². The molecule has 4 aliphatic rings. The number of rotatable bonds is 22. The van der Waals surface area contributed by atoms with Crippen molar-refractivity contribution in [2.45, 2.75) is 127 Å². The van der Waals surface area contributed by atoms with Gasteiger partial charge in [-0.3, -0.25) is 9.59 Å². The van der Waals surface area contributed by atoms with Gasteiger partial charge in [-0.2, -0.15) is 0 Å². The summed E-state index contributed by atoms with van der Waals surface area (Å²) >= 11 is 0. The van der Waals surface area contributed by atoms with Crippen molar-refractivity contribution >= 4 is 41.7 Å². The van der Waals surface area contributed by atoms with E-state index in [2.05, 4.69) is 15.4 Å². The lowest BCUT2D eigenvalue weighted by atomic mass is 9.96. The van der Waals surface area contributed by atoms with Crippen molar-refractivity contribution in [3.63, 3.8) is 0 Å². The van der Waals surface area contributed by atoms with E-state index in [0.717, 1.165) is 11.1 Å². The van der Waals surface area contributed by atoms with Crippen LogP contribution in [0.1, 0.15) is 114 Å². The highest BCUT2D eigenvalue weighted by atomic mass is 19.1. The number of hydrogen-bond donors (Lipinski definition) is 9. The Bertz CT molecular complexity index is 4830. The fourth-order valence-corrected chi connectivity index (χ4v) is 12.7. The molecule has 29 heteroatoms. The average Bonchev–Trinajstić information content (AvgIpc) is 0.797. The summed E-state index contributed by atoms with van der Waals surface area (Å²) in [6.07, 6.45) is -15.8. The van der Waals surface area contributed by atoms with Gasteiger partial charge in [0, 0.05) is 62.5 Å². The summed E-state index contributed by atoms with van der Waals surface area (Å²) in [7, 11) is 0. The molecule has 9 N–H and O–H groups in total. The molecule has 0 bridgehead atoms. The maximum absolute atomic E-state index is 14.2. The molecule has 0 spiro atoms. The van der Waals surface area contributed by atoms with Gasteiger partial charge < -0.3 is 98.5 Å². The van der Waals surface area contributed by atoms with Crippen LogP contribution in [0.2, 0.25) is 0 Å². The Morgan fingerprint density at radius 3 is 1.08 bits per heavy atom. The van der Waals surface area contributed by atoms with Crippen molar-refractivity contribution in [1.82, 2.24) is 10.6 Å². The summed E-state index contributed by atoms with van der Waals surface area (Å²) < 4.78 is 170. The van der Waals surface area contributed by atoms with Gasteiger partial charge in [-0.25, -0.2) is 32.8 Å². The van der Waals surface area contributed by atoms with Crippen LogP contribution < -0.4 is 20.1 Å². The first kappa shape index (κ1) is 77.5. The molecule has 2 amide bonds. The molecule has 118 heavy (non-hydrogen) atoms. The summed E-state index contributed by atoms with van der Waals surface area (Å²) in [4.78, 5) is 87.3. The van der Waals surface area contributed by atoms with Crippen LogP contribution in [0.3, 0.4) is 0 Å². The lowest BCUT2D eigenvalue weighted by Gasteiger charge is -2.40. The van der Waals surface area contributed by atoms with Gasteiger partial charge in [0.2, 0.25) is 42.9 Å². The van der Waals surface area contributed by atoms with Crippen molar-refractivity contribution in [3.05, 3.63) is 287 Å². The third-order valence-corrected chi connectivity index (χ3v) is 19.0. The molecule has 638 valence electrons. The van der Waals surface area contributed by atoms with E-state index in [1.165, 1.54) is 38.1 Å². The molecule has 9 aromatic rings. The van der Waals surface area contributed by atoms with Gasteiger partial charge in [-0.15, -0.1) is 0 Å². The molecule has 9 aromatic carbocycles. The molecule has 4 fully saturated rings. The minimum atomic E-state index is -1.42. The quantitative estimate of drug-likeness (QED) is 0.0225. The number of aliphatic hydroxyl groups excluding tert-OH is 7. The first-order valence-corrected chi connectivity index (χ1v) is 37.9. The van der Waals surface area contributed by atoms with Crippen molar-refractivity contribution in [1.29, 1.82) is 0 Å². The largest absolute Gasteiger partial charge is 0.462 e. The number of aliphatic hydroxyl groups is 7. The Labute approximate surface area is 703 Å². The molecule has 0 aliphatic carbocycles. The Balaban J connectivity index is 0.000000611. The SMILES string of the molecule is CC(=O)NCCc1ccc(OC2OC[C@H](C)[C@H](OC(=O)c3ccccc3)[C@@H]2OC(=O)c2ccccc2)cc1-c1cccc(F)c1.CC(=O)NCCc1ccc(OC2OC[C@H](O)[C@H](O)[C@@H]2O)cc1-c1cccc(F)c1.C[C@H]1COC(OC(=O)c2ccccc2)[C@@H](OC(=O)c2ccccc2)[C@H]1OC(=O)c1ccccc1.OC1OC[C@H](O)[C@H](O)[C@@H]1O.[3H][3H].[3H][3H].[3H][3H].[3H][3H].[3H][3H].[3H][3H].[3H][3H].[3H][3H]. The zero-order valence-corrected chi connectivity index (χ0v) is 64.6. The highest BCUT2D eigenvalue weighted by Gasteiger charge is 2.48. The average molecular weight is 1680 g/mol. The number of esters is 5. The Morgan fingerprint density at radius 1 is 0.373 bits per heavy atom. The number of ether oxygens (including phenoxy) is 11. The zero-order chi connectivity index (χ0) is 100. The highest BCUT2D eigenvalue weighted by Crippen LogP contribution is 2.36. The molecular weight excluding hydrogens is 1530 g/mol. The van der Waals surface area contributed by atoms with Crippen molar-refractivity contribution < 1.29 is 154 Å². The van der Waals surface area contributed by atoms with Gasteiger partial charge in [0.15, 0.2) is 6.29 Å². The van der Waals surface area contributed by atoms with Gasteiger partial charge in [-0.05, 0) is 155 Å². The van der Waals surface area contributed by atoms with E-state index in [4.69, 9.17) is 91.6 Å². The second-order valence-corrected chi connectivity index (χ2v) is 28.0. The lowest BCUT2D eigenvalue weighted by Crippen LogP contribution is -2.55. The van der Waals surface area contributed by atoms with E-state index >= 15 is 0 Å². The zero-order valence-electron chi connectivity index (χ0n) is 80.6. The predicted octanol–water partition coefficient (Wildman–Crippen LogP) is 10.7. The number of benzene rings is 9. The number of hydrogen-bond acceptors (Lipinski definition) is 25. The van der Waals surface area contributed by atoms with Crippen LogP contribution in [0.5, 0.6) is 11.5 Å². The maximum atomic E-state index is 14.2. The third kappa shape index (κ3) is 25.2. The van der Waals surface area contributed by atoms with Crippen molar-refractivity contribution in [3.8, 4) is 33.8 Å². The highest BCUT2D eigenvalue weighted by molar-refractivity contribution is 5.92. The number of amides is 2. The van der Waals surface area contributed by atoms with Gasteiger partial charge >= 0.3 is 29.8 Å². The third-order valence-electron chi connectivity index (χ3n) is 19.0. The maximum Gasteiger partial charge on any atom is 0.340 e.